The number of nitrogens with zero attached hydrogens (tertiary/aromatic N) is 6. The van der Waals surface area contributed by atoms with Crippen molar-refractivity contribution in [3.05, 3.63) is 86.7 Å². The molecule has 16 heteroatoms. The van der Waals surface area contributed by atoms with Crippen molar-refractivity contribution in [2.24, 2.45) is 0 Å². The highest BCUT2D eigenvalue weighted by molar-refractivity contribution is 6.32. The molecule has 9 nitrogen and oxygen atoms in total. The zero-order chi connectivity index (χ0) is 28.9. The Morgan fingerprint density at radius 2 is 1.74 bits per heavy atom. The fraction of sp³-hybridized carbons (Fsp3) is 0.333. The van der Waals surface area contributed by atoms with Gasteiger partial charge in [-0.25, -0.2) is 18.7 Å². The molecule has 5 aromatic rings. The minimum absolute atomic E-state index is 0. The molecule has 43 heavy (non-hydrogen) atoms. The quantitative estimate of drug-likeness (QED) is 0.262. The van der Waals surface area contributed by atoms with Crippen molar-refractivity contribution < 1.29 is 17.6 Å². The lowest BCUT2D eigenvalue weighted by Crippen LogP contribution is -2.41. The summed E-state index contributed by atoms with van der Waals surface area (Å²) in [6.45, 7) is -0.444. The number of aromatic nitrogens is 6. The molecule has 1 fully saturated rings. The molecule has 6 rings (SSSR count). The summed E-state index contributed by atoms with van der Waals surface area (Å²) in [6.07, 6.45) is 1.71. The molecule has 1 aromatic carbocycles. The second kappa shape index (κ2) is 12.3. The molecule has 4 aromatic heterocycles. The van der Waals surface area contributed by atoms with E-state index in [0.29, 0.717) is 57.9 Å². The summed E-state index contributed by atoms with van der Waals surface area (Å²) in [5.41, 5.74) is -0.381. The summed E-state index contributed by atoms with van der Waals surface area (Å²) in [5, 5.41) is 8.67. The molecular weight excluding hydrogens is 637 g/mol. The third-order valence-electron chi connectivity index (χ3n) is 7.33. The molecule has 5 heterocycles. The highest BCUT2D eigenvalue weighted by Gasteiger charge is 2.33. The van der Waals surface area contributed by atoms with Crippen LogP contribution in [0.25, 0.3) is 27.7 Å². The number of hydrogen-bond acceptors (Lipinski definition) is 5. The molecule has 0 radical (unpaired) electrons. The largest absolute Gasteiger partial charge is 0.406 e. The summed E-state index contributed by atoms with van der Waals surface area (Å²) >= 11 is 6.46. The smallest absolute Gasteiger partial charge is 0.344 e. The van der Waals surface area contributed by atoms with E-state index in [1.54, 1.807) is 24.4 Å². The first-order valence-electron chi connectivity index (χ1n) is 12.9. The Bertz CT molecular complexity index is 1890. The predicted octanol–water partition coefficient (Wildman–Crippen LogP) is 4.87. The van der Waals surface area contributed by atoms with Crippen molar-refractivity contribution in [3.8, 4) is 11.3 Å². The van der Waals surface area contributed by atoms with Gasteiger partial charge in [0, 0.05) is 40.6 Å². The Kier molecular flexibility index (Phi) is 9.31. The molecule has 0 bridgehead atoms. The number of halogens is 7. The summed E-state index contributed by atoms with van der Waals surface area (Å²) in [4.78, 5) is 29.6. The molecule has 0 atom stereocenters. The van der Waals surface area contributed by atoms with E-state index in [-0.39, 0.29) is 37.9 Å². The fourth-order valence-electron chi connectivity index (χ4n) is 5.44. The fourth-order valence-corrected chi connectivity index (χ4v) is 5.67. The van der Waals surface area contributed by atoms with Gasteiger partial charge in [0.05, 0.1) is 29.8 Å². The Labute approximate surface area is 258 Å². The summed E-state index contributed by atoms with van der Waals surface area (Å²) in [7, 11) is 0. The third kappa shape index (κ3) is 6.59. The van der Waals surface area contributed by atoms with Gasteiger partial charge >= 0.3 is 11.9 Å². The second-order valence-electron chi connectivity index (χ2n) is 10.3. The van der Waals surface area contributed by atoms with Crippen molar-refractivity contribution in [1.82, 2.24) is 33.6 Å². The molecule has 0 saturated carbocycles. The molecule has 0 unspecified atom stereocenters. The first-order valence-corrected chi connectivity index (χ1v) is 13.3. The van der Waals surface area contributed by atoms with Crippen LogP contribution in [0.1, 0.15) is 18.4 Å². The van der Waals surface area contributed by atoms with E-state index in [4.69, 9.17) is 11.6 Å². The first kappa shape index (κ1) is 32.5. The Hall–Kier alpha value is -3.39. The maximum Gasteiger partial charge on any atom is 0.406 e. The van der Waals surface area contributed by atoms with Gasteiger partial charge in [-0.2, -0.15) is 18.3 Å². The molecule has 1 N–H and O–H groups in total. The van der Waals surface area contributed by atoms with Crippen LogP contribution in [0.4, 0.5) is 17.6 Å². The van der Waals surface area contributed by atoms with Gasteiger partial charge in [0.1, 0.15) is 18.5 Å². The number of hydrogen-bond donors (Lipinski definition) is 1. The molecule has 0 aliphatic carbocycles. The molecular formula is C27H26Cl3F4N7O2. The van der Waals surface area contributed by atoms with Crippen LogP contribution in [0, 0.1) is 0 Å². The zero-order valence-electron chi connectivity index (χ0n) is 22.4. The van der Waals surface area contributed by atoms with Gasteiger partial charge < -0.3 is 9.88 Å². The van der Waals surface area contributed by atoms with Gasteiger partial charge in [-0.05, 0) is 55.8 Å². The summed E-state index contributed by atoms with van der Waals surface area (Å²) in [6, 6.07) is 7.97. The molecule has 1 aliphatic heterocycles. The first-order chi connectivity index (χ1) is 19.5. The number of rotatable bonds is 6. The van der Waals surface area contributed by atoms with E-state index >= 15 is 4.39 Å². The van der Waals surface area contributed by atoms with E-state index in [0.717, 1.165) is 27.7 Å². The lowest BCUT2D eigenvalue weighted by Gasteiger charge is -2.30. The van der Waals surface area contributed by atoms with Gasteiger partial charge in [-0.1, -0.05) is 11.6 Å². The van der Waals surface area contributed by atoms with Gasteiger partial charge in [-0.15, -0.1) is 24.8 Å². The number of nitrogens with one attached hydrogen (secondary N) is 1. The standard InChI is InChI=1S/C27H24ClF4N7O2.2ClH/c28-19-10-18-1-7-36(14-26(29)3-5-33-6-4-26)24(18)20(11-19)23-21-9-17(13-39(21)35-16-34-23)12-38-22(40)2-8-37(25(38)41)15-27(30,31)32;;/h1-2,7-11,13,16,33H,3-6,12,14-15H2;2*1H. The van der Waals surface area contributed by atoms with Gasteiger partial charge in [0.15, 0.2) is 0 Å². The molecule has 1 aliphatic rings. The number of alkyl halides is 4. The van der Waals surface area contributed by atoms with E-state index in [9.17, 15) is 22.8 Å². The van der Waals surface area contributed by atoms with Gasteiger partial charge in [-0.3, -0.25) is 13.9 Å². The lowest BCUT2D eigenvalue weighted by molar-refractivity contribution is -0.141. The van der Waals surface area contributed by atoms with Crippen LogP contribution in [-0.4, -0.2) is 53.2 Å². The van der Waals surface area contributed by atoms with Crippen molar-refractivity contribution in [2.75, 3.05) is 13.1 Å². The van der Waals surface area contributed by atoms with Crippen molar-refractivity contribution >= 4 is 52.8 Å². The predicted molar refractivity (Wildman–Crippen MR) is 159 cm³/mol. The minimum atomic E-state index is -4.63. The second-order valence-corrected chi connectivity index (χ2v) is 10.7. The Balaban J connectivity index is 0.00000212. The van der Waals surface area contributed by atoms with Gasteiger partial charge in [0.25, 0.3) is 5.56 Å². The van der Waals surface area contributed by atoms with E-state index in [1.165, 1.54) is 10.8 Å². The number of benzene rings is 1. The SMILES string of the molecule is Cl.Cl.O=c1ccn(CC(F)(F)F)c(=O)n1Cc1cc2c(-c3cc(Cl)cc4ccn(CC5(F)CCNCC5)c34)ncnn2c1. The van der Waals surface area contributed by atoms with Crippen LogP contribution in [-0.2, 0) is 19.6 Å². The van der Waals surface area contributed by atoms with Crippen LogP contribution in [0.2, 0.25) is 5.02 Å². The topological polar surface area (TPSA) is 91.1 Å². The number of fused-ring (bicyclic) bond motifs is 2. The summed E-state index contributed by atoms with van der Waals surface area (Å²) in [5.74, 6) is 0. The van der Waals surface area contributed by atoms with Crippen LogP contribution in [0.15, 0.2) is 64.8 Å². The molecule has 1 saturated heterocycles. The average molecular weight is 663 g/mol. The highest BCUT2D eigenvalue weighted by atomic mass is 35.5. The van der Waals surface area contributed by atoms with E-state index in [2.05, 4.69) is 15.4 Å². The zero-order valence-corrected chi connectivity index (χ0v) is 24.7. The Morgan fingerprint density at radius 1 is 1.02 bits per heavy atom. The molecule has 230 valence electrons. The van der Waals surface area contributed by atoms with Gasteiger partial charge in [0.2, 0.25) is 0 Å². The van der Waals surface area contributed by atoms with Crippen molar-refractivity contribution in [1.29, 1.82) is 0 Å². The molecule has 0 spiro atoms. The third-order valence-corrected chi connectivity index (χ3v) is 7.54. The maximum absolute atomic E-state index is 15.7. The van der Waals surface area contributed by atoms with Crippen LogP contribution < -0.4 is 16.6 Å². The van der Waals surface area contributed by atoms with Crippen LogP contribution in [0.5, 0.6) is 0 Å². The summed E-state index contributed by atoms with van der Waals surface area (Å²) < 4.78 is 59.0. The Morgan fingerprint density at radius 3 is 2.47 bits per heavy atom. The monoisotopic (exact) mass is 661 g/mol. The average Bonchev–Trinajstić information content (AvgIpc) is 3.50. The lowest BCUT2D eigenvalue weighted by atomic mass is 9.94. The van der Waals surface area contributed by atoms with E-state index in [1.807, 2.05) is 16.8 Å². The molecule has 0 amide bonds. The van der Waals surface area contributed by atoms with E-state index < -0.39 is 29.6 Å². The maximum atomic E-state index is 15.7. The van der Waals surface area contributed by atoms with Crippen molar-refractivity contribution in [3.63, 3.8) is 0 Å². The van der Waals surface area contributed by atoms with Crippen molar-refractivity contribution in [2.45, 2.75) is 44.3 Å². The minimum Gasteiger partial charge on any atom is -0.344 e. The van der Waals surface area contributed by atoms with Crippen LogP contribution in [0.3, 0.4) is 0 Å². The number of piperidine rings is 1. The normalized spacial score (nSPS) is 14.9. The van der Waals surface area contributed by atoms with Crippen LogP contribution >= 0.6 is 36.4 Å². The highest BCUT2D eigenvalue weighted by Crippen LogP contribution is 2.36.